The zero-order chi connectivity index (χ0) is 20.6. The van der Waals surface area contributed by atoms with E-state index in [1.165, 1.54) is 29.2 Å². The minimum atomic E-state index is -3.63. The molecule has 0 saturated heterocycles. The molecule has 0 saturated carbocycles. The summed E-state index contributed by atoms with van der Waals surface area (Å²) in [5.74, 6) is -2.40. The molecule has 0 unspecified atom stereocenters. The zero-order valence-electron chi connectivity index (χ0n) is 15.3. The van der Waals surface area contributed by atoms with Gasteiger partial charge in [0.1, 0.15) is 23.1 Å². The minimum Gasteiger partial charge on any atom is -0.455 e. The van der Waals surface area contributed by atoms with Crippen LogP contribution in [0, 0.1) is 11.6 Å². The number of fused-ring (bicyclic) bond motifs is 1. The minimum absolute atomic E-state index is 0.0826. The third-order valence-corrected chi connectivity index (χ3v) is 6.44. The van der Waals surface area contributed by atoms with Gasteiger partial charge in [0.15, 0.2) is 15.6 Å². The highest BCUT2D eigenvalue weighted by Crippen LogP contribution is 2.32. The van der Waals surface area contributed by atoms with Gasteiger partial charge in [0.25, 0.3) is 5.91 Å². The molecule has 0 N–H and O–H groups in total. The first-order valence-electron chi connectivity index (χ1n) is 9.01. The van der Waals surface area contributed by atoms with Gasteiger partial charge in [-0.2, -0.15) is 0 Å². The van der Waals surface area contributed by atoms with Crippen LogP contribution in [-0.4, -0.2) is 20.9 Å². The number of hydrogen-bond acceptors (Lipinski definition) is 4. The molecule has 0 radical (unpaired) electrons. The third-order valence-electron chi connectivity index (χ3n) is 4.79. The van der Waals surface area contributed by atoms with Gasteiger partial charge in [-0.05, 0) is 43.2 Å². The van der Waals surface area contributed by atoms with Crippen molar-refractivity contribution < 1.29 is 26.4 Å². The maximum Gasteiger partial charge on any atom is 0.293 e. The van der Waals surface area contributed by atoms with E-state index < -0.39 is 33.1 Å². The van der Waals surface area contributed by atoms with Crippen molar-refractivity contribution >= 4 is 21.4 Å². The van der Waals surface area contributed by atoms with Crippen LogP contribution in [0.5, 0.6) is 0 Å². The lowest BCUT2D eigenvalue weighted by molar-refractivity contribution is 0.0956. The highest BCUT2D eigenvalue weighted by molar-refractivity contribution is 7.90. The van der Waals surface area contributed by atoms with Crippen molar-refractivity contribution in [3.63, 3.8) is 0 Å². The number of hydrogen-bond donors (Lipinski definition) is 0. The van der Waals surface area contributed by atoms with Gasteiger partial charge < -0.3 is 9.32 Å². The molecule has 2 heterocycles. The van der Waals surface area contributed by atoms with Gasteiger partial charge in [-0.15, -0.1) is 0 Å². The van der Waals surface area contributed by atoms with Crippen LogP contribution in [0.1, 0.15) is 28.3 Å². The lowest BCUT2D eigenvalue weighted by Crippen LogP contribution is -2.35. The number of furan rings is 1. The van der Waals surface area contributed by atoms with Gasteiger partial charge in [-0.25, -0.2) is 17.2 Å². The molecule has 2 aromatic carbocycles. The van der Waals surface area contributed by atoms with Gasteiger partial charge in [-0.3, -0.25) is 4.79 Å². The lowest BCUT2D eigenvalue weighted by Gasteiger charge is -2.29. The van der Waals surface area contributed by atoms with E-state index in [1.54, 1.807) is 18.2 Å². The molecule has 1 aromatic heterocycles. The van der Waals surface area contributed by atoms with Gasteiger partial charge >= 0.3 is 0 Å². The molecular weight excluding hydrogens is 400 g/mol. The molecule has 1 amide bonds. The van der Waals surface area contributed by atoms with Crippen molar-refractivity contribution in [3.05, 3.63) is 83.3 Å². The molecule has 0 aliphatic carbocycles. The Labute approximate surface area is 166 Å². The van der Waals surface area contributed by atoms with Crippen LogP contribution in [0.3, 0.4) is 0 Å². The van der Waals surface area contributed by atoms with Crippen LogP contribution in [0.4, 0.5) is 14.5 Å². The molecule has 3 aromatic rings. The molecule has 8 heteroatoms. The Bertz CT molecular complexity index is 1170. The number of carbonyl (C=O) groups is 1. The second kappa shape index (κ2) is 7.44. The number of anilines is 1. The van der Waals surface area contributed by atoms with Crippen LogP contribution in [0.25, 0.3) is 0 Å². The molecular formula is C21H17F2NO4S. The molecule has 0 atom stereocenters. The summed E-state index contributed by atoms with van der Waals surface area (Å²) in [6, 6.07) is 12.6. The summed E-state index contributed by atoms with van der Waals surface area (Å²) in [5.41, 5.74) is 0.457. The molecule has 0 spiro atoms. The van der Waals surface area contributed by atoms with E-state index in [2.05, 4.69) is 0 Å². The molecule has 4 rings (SSSR count). The van der Waals surface area contributed by atoms with Crippen LogP contribution in [-0.2, 0) is 22.0 Å². The Morgan fingerprint density at radius 2 is 1.83 bits per heavy atom. The van der Waals surface area contributed by atoms with E-state index in [4.69, 9.17) is 4.42 Å². The van der Waals surface area contributed by atoms with Crippen LogP contribution in [0.2, 0.25) is 0 Å². The fourth-order valence-electron chi connectivity index (χ4n) is 3.43. The van der Waals surface area contributed by atoms with Gasteiger partial charge in [0, 0.05) is 18.2 Å². The average molecular weight is 417 g/mol. The van der Waals surface area contributed by atoms with E-state index in [-0.39, 0.29) is 34.2 Å². The van der Waals surface area contributed by atoms with Gasteiger partial charge in [0.05, 0.1) is 10.6 Å². The summed E-state index contributed by atoms with van der Waals surface area (Å²) in [4.78, 5) is 14.3. The second-order valence-corrected chi connectivity index (χ2v) is 8.77. The van der Waals surface area contributed by atoms with E-state index in [0.29, 0.717) is 12.8 Å². The van der Waals surface area contributed by atoms with E-state index >= 15 is 0 Å². The molecule has 150 valence electrons. The highest BCUT2D eigenvalue weighted by atomic mass is 32.2. The Morgan fingerprint density at radius 1 is 1.07 bits per heavy atom. The standard InChI is InChI=1S/C21H17F2NO4S/c22-14-11-18(23)17-7-4-10-24(19(17)12-14)21(25)20-9-8-15(28-20)13-29(26,27)16-5-2-1-3-6-16/h1-3,5-6,8-9,11-12H,4,7,10,13H2. The largest absolute Gasteiger partial charge is 0.455 e. The molecule has 5 nitrogen and oxygen atoms in total. The first-order valence-corrected chi connectivity index (χ1v) is 10.7. The van der Waals surface area contributed by atoms with Gasteiger partial charge in [-0.1, -0.05) is 18.2 Å². The Balaban J connectivity index is 1.59. The molecule has 0 fully saturated rings. The quantitative estimate of drug-likeness (QED) is 0.640. The third kappa shape index (κ3) is 3.80. The number of amides is 1. The molecule has 1 aliphatic rings. The number of sulfone groups is 1. The van der Waals surface area contributed by atoms with E-state index in [1.807, 2.05) is 0 Å². The average Bonchev–Trinajstić information content (AvgIpc) is 3.15. The predicted octanol–water partition coefficient (Wildman–Crippen LogP) is 4.12. The summed E-state index contributed by atoms with van der Waals surface area (Å²) in [6.45, 7) is 0.285. The fraction of sp³-hybridized carbons (Fsp3) is 0.190. The second-order valence-electron chi connectivity index (χ2n) is 6.78. The number of nitrogens with zero attached hydrogens (tertiary/aromatic N) is 1. The zero-order valence-corrected chi connectivity index (χ0v) is 16.1. The number of rotatable bonds is 4. The van der Waals surface area contributed by atoms with Crippen LogP contribution >= 0.6 is 0 Å². The first-order chi connectivity index (χ1) is 13.8. The van der Waals surface area contributed by atoms with Crippen molar-refractivity contribution in [1.82, 2.24) is 0 Å². The van der Waals surface area contributed by atoms with Crippen molar-refractivity contribution in [2.45, 2.75) is 23.5 Å². The first kappa shape index (κ1) is 19.3. The Hall–Kier alpha value is -3.00. The SMILES string of the molecule is O=C(c1ccc(CS(=O)(=O)c2ccccc2)o1)N1CCCc2c(F)cc(F)cc21. The number of carbonyl (C=O) groups excluding carboxylic acids is 1. The van der Waals surface area contributed by atoms with Crippen molar-refractivity contribution in [3.8, 4) is 0 Å². The Kier molecular flexibility index (Phi) is 4.96. The molecule has 0 bridgehead atoms. The smallest absolute Gasteiger partial charge is 0.293 e. The topological polar surface area (TPSA) is 67.6 Å². The predicted molar refractivity (Wildman–Crippen MR) is 102 cm³/mol. The van der Waals surface area contributed by atoms with Crippen LogP contribution in [0.15, 0.2) is 63.9 Å². The fourth-order valence-corrected chi connectivity index (χ4v) is 4.69. The number of benzene rings is 2. The van der Waals surface area contributed by atoms with E-state index in [9.17, 15) is 22.0 Å². The summed E-state index contributed by atoms with van der Waals surface area (Å²) >= 11 is 0. The summed E-state index contributed by atoms with van der Waals surface area (Å²) in [7, 11) is -3.63. The maximum atomic E-state index is 14.1. The summed E-state index contributed by atoms with van der Waals surface area (Å²) < 4.78 is 58.2. The van der Waals surface area contributed by atoms with Crippen LogP contribution < -0.4 is 4.90 Å². The van der Waals surface area contributed by atoms with E-state index in [0.717, 1.165) is 12.1 Å². The number of halogens is 2. The molecule has 1 aliphatic heterocycles. The monoisotopic (exact) mass is 417 g/mol. The lowest BCUT2D eigenvalue weighted by atomic mass is 10.0. The van der Waals surface area contributed by atoms with Gasteiger partial charge in [0.2, 0.25) is 0 Å². The maximum absolute atomic E-state index is 14.1. The summed E-state index contributed by atoms with van der Waals surface area (Å²) in [6.07, 6.45) is 0.932. The van der Waals surface area contributed by atoms with Crippen molar-refractivity contribution in [2.75, 3.05) is 11.4 Å². The Morgan fingerprint density at radius 3 is 2.59 bits per heavy atom. The van der Waals surface area contributed by atoms with Crippen molar-refractivity contribution in [1.29, 1.82) is 0 Å². The molecule has 29 heavy (non-hydrogen) atoms. The summed E-state index contributed by atoms with van der Waals surface area (Å²) in [5, 5.41) is 0. The highest BCUT2D eigenvalue weighted by Gasteiger charge is 2.28. The van der Waals surface area contributed by atoms with Crippen molar-refractivity contribution in [2.24, 2.45) is 0 Å². The normalized spacial score (nSPS) is 13.9.